The molecule has 1 aliphatic rings. The Hall–Kier alpha value is -1.61. The number of ether oxygens (including phenoxy) is 1. The molecule has 0 amide bonds. The third-order valence-electron chi connectivity index (χ3n) is 3.52. The molecule has 20 heavy (non-hydrogen) atoms. The average Bonchev–Trinajstić information content (AvgIpc) is 2.86. The highest BCUT2D eigenvalue weighted by Gasteiger charge is 2.19. The molecule has 0 aliphatic carbocycles. The zero-order valence-electron chi connectivity index (χ0n) is 11.3. The second kappa shape index (κ2) is 5.41. The van der Waals surface area contributed by atoms with Crippen LogP contribution in [0.3, 0.4) is 0 Å². The lowest BCUT2D eigenvalue weighted by Crippen LogP contribution is -2.05. The van der Waals surface area contributed by atoms with Gasteiger partial charge in [0.25, 0.3) is 0 Å². The topological polar surface area (TPSA) is 26.3 Å². The number of ketones is 1. The van der Waals surface area contributed by atoms with Gasteiger partial charge in [-0.1, -0.05) is 39.7 Å². The predicted molar refractivity (Wildman–Crippen MR) is 82.6 cm³/mol. The van der Waals surface area contributed by atoms with E-state index in [9.17, 15) is 4.79 Å². The third-order valence-corrected chi connectivity index (χ3v) is 3.97. The minimum absolute atomic E-state index is 0.129. The quantitative estimate of drug-likeness (QED) is 0.791. The monoisotopic (exact) mass is 330 g/mol. The van der Waals surface area contributed by atoms with Crippen LogP contribution in [0.25, 0.3) is 0 Å². The maximum absolute atomic E-state index is 12.4. The Balaban J connectivity index is 1.90. The lowest BCUT2D eigenvalue weighted by molar-refractivity contribution is 0.0992. The second-order valence-corrected chi connectivity index (χ2v) is 6.04. The van der Waals surface area contributed by atoms with Crippen molar-refractivity contribution < 1.29 is 9.53 Å². The van der Waals surface area contributed by atoms with Crippen molar-refractivity contribution in [3.8, 4) is 5.75 Å². The molecular formula is C17H15BrO2. The number of rotatable bonds is 3. The van der Waals surface area contributed by atoms with Gasteiger partial charge in [0.15, 0.2) is 5.78 Å². The molecule has 0 atom stereocenters. The number of carbonyl (C=O) groups excluding carboxylic acids is 1. The van der Waals surface area contributed by atoms with Crippen LogP contribution in [0, 0.1) is 6.92 Å². The van der Waals surface area contributed by atoms with Gasteiger partial charge in [0.1, 0.15) is 5.75 Å². The van der Waals surface area contributed by atoms with Gasteiger partial charge in [0, 0.05) is 28.4 Å². The Labute approximate surface area is 126 Å². The van der Waals surface area contributed by atoms with Crippen LogP contribution >= 0.6 is 15.9 Å². The van der Waals surface area contributed by atoms with Crippen LogP contribution in [0.5, 0.6) is 5.75 Å². The van der Waals surface area contributed by atoms with Crippen molar-refractivity contribution in [1.82, 2.24) is 0 Å². The fraction of sp³-hybridized carbons (Fsp3) is 0.235. The van der Waals surface area contributed by atoms with Crippen molar-refractivity contribution in [1.29, 1.82) is 0 Å². The minimum atomic E-state index is 0.129. The number of hydrogen-bond acceptors (Lipinski definition) is 2. The van der Waals surface area contributed by atoms with E-state index in [0.717, 1.165) is 33.3 Å². The van der Waals surface area contributed by atoms with Gasteiger partial charge in [0.2, 0.25) is 0 Å². The van der Waals surface area contributed by atoms with Crippen LogP contribution in [0.2, 0.25) is 0 Å². The molecule has 0 spiro atoms. The van der Waals surface area contributed by atoms with Gasteiger partial charge in [0.05, 0.1) is 6.61 Å². The molecule has 0 radical (unpaired) electrons. The third kappa shape index (κ3) is 2.63. The fourth-order valence-electron chi connectivity index (χ4n) is 2.57. The summed E-state index contributed by atoms with van der Waals surface area (Å²) in [5, 5.41) is 0. The van der Waals surface area contributed by atoms with E-state index in [1.165, 1.54) is 5.56 Å². The highest BCUT2D eigenvalue weighted by atomic mass is 79.9. The largest absolute Gasteiger partial charge is 0.493 e. The summed E-state index contributed by atoms with van der Waals surface area (Å²) in [5.41, 5.74) is 4.02. The molecule has 0 aromatic heterocycles. The summed E-state index contributed by atoms with van der Waals surface area (Å²) in [7, 11) is 0. The number of Topliss-reactive ketones (excluding diaryl/α,β-unsaturated/α-hetero) is 1. The van der Waals surface area contributed by atoms with Crippen molar-refractivity contribution in [3.63, 3.8) is 0 Å². The van der Waals surface area contributed by atoms with Crippen molar-refractivity contribution in [2.45, 2.75) is 19.8 Å². The smallest absolute Gasteiger partial charge is 0.167 e. The van der Waals surface area contributed by atoms with Crippen LogP contribution in [0.1, 0.15) is 27.0 Å². The van der Waals surface area contributed by atoms with Gasteiger partial charge in [-0.05, 0) is 30.7 Å². The summed E-state index contributed by atoms with van der Waals surface area (Å²) in [5.74, 6) is 1.03. The molecule has 102 valence electrons. The van der Waals surface area contributed by atoms with Crippen molar-refractivity contribution in [2.75, 3.05) is 6.61 Å². The molecular weight excluding hydrogens is 316 g/mol. The lowest BCUT2D eigenvalue weighted by atomic mass is 9.99. The molecule has 2 nitrogen and oxygen atoms in total. The van der Waals surface area contributed by atoms with Crippen LogP contribution in [0.4, 0.5) is 0 Å². The zero-order chi connectivity index (χ0) is 14.1. The van der Waals surface area contributed by atoms with E-state index in [1.807, 2.05) is 37.3 Å². The number of benzene rings is 2. The van der Waals surface area contributed by atoms with Crippen LogP contribution < -0.4 is 4.74 Å². The predicted octanol–water partition coefficient (Wildman–Crippen LogP) is 4.12. The van der Waals surface area contributed by atoms with E-state index in [2.05, 4.69) is 22.0 Å². The summed E-state index contributed by atoms with van der Waals surface area (Å²) in [6, 6.07) is 11.8. The van der Waals surface area contributed by atoms with E-state index >= 15 is 0 Å². The van der Waals surface area contributed by atoms with Gasteiger partial charge in [-0.15, -0.1) is 0 Å². The molecule has 0 bridgehead atoms. The van der Waals surface area contributed by atoms with Crippen LogP contribution in [0.15, 0.2) is 40.9 Å². The maximum Gasteiger partial charge on any atom is 0.167 e. The van der Waals surface area contributed by atoms with E-state index in [-0.39, 0.29) is 5.78 Å². The molecule has 1 aliphatic heterocycles. The summed E-state index contributed by atoms with van der Waals surface area (Å²) in [4.78, 5) is 12.4. The van der Waals surface area contributed by atoms with Crippen molar-refractivity contribution in [3.05, 3.63) is 63.1 Å². The number of carbonyl (C=O) groups is 1. The van der Waals surface area contributed by atoms with E-state index in [1.54, 1.807) is 0 Å². The number of halogens is 1. The first kappa shape index (κ1) is 13.4. The van der Waals surface area contributed by atoms with Gasteiger partial charge < -0.3 is 4.74 Å². The van der Waals surface area contributed by atoms with Crippen molar-refractivity contribution >= 4 is 21.7 Å². The first-order valence-electron chi connectivity index (χ1n) is 6.67. The zero-order valence-corrected chi connectivity index (χ0v) is 12.9. The molecule has 2 aromatic carbocycles. The SMILES string of the molecule is Cc1cccc(C(=O)Cc2cc(Br)cc3c2OCC3)c1. The molecule has 0 unspecified atom stereocenters. The molecule has 0 saturated carbocycles. The minimum Gasteiger partial charge on any atom is -0.493 e. The summed E-state index contributed by atoms with van der Waals surface area (Å²) < 4.78 is 6.68. The molecule has 0 N–H and O–H groups in total. The standard InChI is InChI=1S/C17H15BrO2/c1-11-3-2-4-12(7-11)16(19)10-14-9-15(18)8-13-5-6-20-17(13)14/h2-4,7-9H,5-6,10H2,1H3. The van der Waals surface area contributed by atoms with E-state index in [0.29, 0.717) is 13.0 Å². The number of fused-ring (bicyclic) bond motifs is 1. The van der Waals surface area contributed by atoms with Gasteiger partial charge >= 0.3 is 0 Å². The molecule has 1 heterocycles. The molecule has 2 aromatic rings. The van der Waals surface area contributed by atoms with Crippen molar-refractivity contribution in [2.24, 2.45) is 0 Å². The molecule has 3 rings (SSSR count). The molecule has 0 saturated heterocycles. The highest BCUT2D eigenvalue weighted by Crippen LogP contribution is 2.33. The molecule has 3 heteroatoms. The van der Waals surface area contributed by atoms with E-state index < -0.39 is 0 Å². The fourth-order valence-corrected chi connectivity index (χ4v) is 3.12. The van der Waals surface area contributed by atoms with E-state index in [4.69, 9.17) is 4.74 Å². The Morgan fingerprint density at radius 1 is 1.30 bits per heavy atom. The highest BCUT2D eigenvalue weighted by molar-refractivity contribution is 9.10. The molecule has 0 fully saturated rings. The van der Waals surface area contributed by atoms with Gasteiger partial charge in [-0.2, -0.15) is 0 Å². The van der Waals surface area contributed by atoms with Gasteiger partial charge in [-0.3, -0.25) is 4.79 Å². The Kier molecular flexibility index (Phi) is 3.62. The number of aryl methyl sites for hydroxylation is 1. The normalized spacial score (nSPS) is 12.9. The van der Waals surface area contributed by atoms with Crippen LogP contribution in [-0.2, 0) is 12.8 Å². The lowest BCUT2D eigenvalue weighted by Gasteiger charge is -2.09. The Morgan fingerprint density at radius 2 is 2.15 bits per heavy atom. The first-order chi connectivity index (χ1) is 9.63. The van der Waals surface area contributed by atoms with Crippen LogP contribution in [-0.4, -0.2) is 12.4 Å². The Bertz CT molecular complexity index is 677. The average molecular weight is 331 g/mol. The second-order valence-electron chi connectivity index (χ2n) is 5.12. The first-order valence-corrected chi connectivity index (χ1v) is 7.47. The Morgan fingerprint density at radius 3 is 2.95 bits per heavy atom. The van der Waals surface area contributed by atoms with Gasteiger partial charge in [-0.25, -0.2) is 0 Å². The maximum atomic E-state index is 12.4. The number of hydrogen-bond donors (Lipinski definition) is 0. The summed E-state index contributed by atoms with van der Waals surface area (Å²) >= 11 is 3.51. The summed E-state index contributed by atoms with van der Waals surface area (Å²) in [6.07, 6.45) is 1.30. The summed E-state index contributed by atoms with van der Waals surface area (Å²) in [6.45, 7) is 2.70.